The van der Waals surface area contributed by atoms with Gasteiger partial charge in [-0.2, -0.15) is 0 Å². The second-order valence-corrected chi connectivity index (χ2v) is 6.61. The Labute approximate surface area is 157 Å². The van der Waals surface area contributed by atoms with Crippen LogP contribution in [0.5, 0.6) is 5.75 Å². The molecule has 1 aliphatic rings. The average Bonchev–Trinajstić information content (AvgIpc) is 3.06. The maximum Gasteiger partial charge on any atom is 0.267 e. The van der Waals surface area contributed by atoms with Crippen molar-refractivity contribution in [2.45, 2.75) is 26.4 Å². The fraction of sp³-hybridized carbons (Fsp3) is 0.238. The number of hydrogen-bond donors (Lipinski definition) is 2. The van der Waals surface area contributed by atoms with Crippen molar-refractivity contribution < 1.29 is 14.3 Å². The van der Waals surface area contributed by atoms with Crippen molar-refractivity contribution >= 4 is 34.1 Å². The zero-order valence-corrected chi connectivity index (χ0v) is 15.3. The van der Waals surface area contributed by atoms with Gasteiger partial charge in [0.05, 0.1) is 12.1 Å². The van der Waals surface area contributed by atoms with Crippen LogP contribution in [-0.2, 0) is 16.0 Å². The van der Waals surface area contributed by atoms with E-state index in [4.69, 9.17) is 4.74 Å². The third-order valence-corrected chi connectivity index (χ3v) is 4.79. The Morgan fingerprint density at radius 3 is 2.89 bits per heavy atom. The Kier molecular flexibility index (Phi) is 4.32. The molecule has 0 saturated carbocycles. The van der Waals surface area contributed by atoms with Gasteiger partial charge in [-0.1, -0.05) is 18.2 Å². The summed E-state index contributed by atoms with van der Waals surface area (Å²) in [5.41, 5.74) is 3.35. The van der Waals surface area contributed by atoms with Crippen molar-refractivity contribution in [3.63, 3.8) is 0 Å². The van der Waals surface area contributed by atoms with E-state index in [1.54, 1.807) is 24.0 Å². The van der Waals surface area contributed by atoms with Gasteiger partial charge in [0.1, 0.15) is 5.75 Å². The van der Waals surface area contributed by atoms with Crippen molar-refractivity contribution in [3.8, 4) is 5.75 Å². The molecule has 0 fully saturated rings. The molecule has 138 valence electrons. The van der Waals surface area contributed by atoms with E-state index in [1.165, 1.54) is 0 Å². The van der Waals surface area contributed by atoms with Gasteiger partial charge >= 0.3 is 0 Å². The first-order valence-corrected chi connectivity index (χ1v) is 9.03. The van der Waals surface area contributed by atoms with Crippen LogP contribution in [0.3, 0.4) is 0 Å². The molecule has 1 aliphatic heterocycles. The maximum atomic E-state index is 12.5. The summed E-state index contributed by atoms with van der Waals surface area (Å²) in [4.78, 5) is 29.6. The number of nitrogens with zero attached hydrogens (tertiary/aromatic N) is 1. The van der Waals surface area contributed by atoms with Crippen LogP contribution in [0.15, 0.2) is 48.7 Å². The molecule has 3 aromatic rings. The van der Waals surface area contributed by atoms with Gasteiger partial charge < -0.3 is 19.9 Å². The number of amides is 2. The molecular weight excluding hydrogens is 342 g/mol. The molecule has 1 atom stereocenters. The first-order chi connectivity index (χ1) is 13.1. The topological polar surface area (TPSA) is 74.4 Å². The number of H-pyrrole nitrogens is 1. The first kappa shape index (κ1) is 17.1. The van der Waals surface area contributed by atoms with Crippen LogP contribution >= 0.6 is 0 Å². The van der Waals surface area contributed by atoms with E-state index in [1.807, 2.05) is 43.5 Å². The van der Waals surface area contributed by atoms with Gasteiger partial charge in [-0.15, -0.1) is 0 Å². The normalized spacial score (nSPS) is 16.1. The van der Waals surface area contributed by atoms with E-state index < -0.39 is 6.10 Å². The molecule has 4 rings (SSSR count). The van der Waals surface area contributed by atoms with E-state index in [0.717, 1.165) is 22.2 Å². The zero-order valence-electron chi connectivity index (χ0n) is 15.3. The van der Waals surface area contributed by atoms with Crippen LogP contribution in [0.4, 0.5) is 11.4 Å². The molecule has 0 spiro atoms. The maximum absolute atomic E-state index is 12.5. The minimum Gasteiger partial charge on any atom is -0.479 e. The minimum absolute atomic E-state index is 0.0545. The summed E-state index contributed by atoms with van der Waals surface area (Å²) in [6.45, 7) is 4.23. The highest BCUT2D eigenvalue weighted by molar-refractivity contribution is 6.01. The Morgan fingerprint density at radius 2 is 2.07 bits per heavy atom. The minimum atomic E-state index is -0.533. The molecular formula is C21H21N3O3. The summed E-state index contributed by atoms with van der Waals surface area (Å²) in [5.74, 6) is 0.446. The molecule has 0 bridgehead atoms. The number of benzene rings is 2. The zero-order chi connectivity index (χ0) is 19.0. The lowest BCUT2D eigenvalue weighted by molar-refractivity contribution is -0.125. The number of hydrogen-bond acceptors (Lipinski definition) is 3. The Bertz CT molecular complexity index is 1020. The summed E-state index contributed by atoms with van der Waals surface area (Å²) < 4.78 is 5.71. The average molecular weight is 363 g/mol. The summed E-state index contributed by atoms with van der Waals surface area (Å²) in [6, 6.07) is 13.3. The first-order valence-electron chi connectivity index (χ1n) is 9.03. The summed E-state index contributed by atoms with van der Waals surface area (Å²) in [6.07, 6.45) is 1.61. The number of ether oxygens (including phenoxy) is 1. The highest BCUT2D eigenvalue weighted by Gasteiger charge is 2.30. The van der Waals surface area contributed by atoms with Gasteiger partial charge in [-0.25, -0.2) is 0 Å². The largest absolute Gasteiger partial charge is 0.479 e. The second-order valence-electron chi connectivity index (χ2n) is 6.61. The standard InChI is InChI=1S/C21H21N3O3/c1-3-24-18-9-8-15(11-19(18)27-13(2)21(24)26)23-20(25)10-14-12-22-17-7-5-4-6-16(14)17/h4-9,11-13,22H,3,10H2,1-2H3,(H,23,25). The van der Waals surface area contributed by atoms with Crippen molar-refractivity contribution in [1.82, 2.24) is 4.98 Å². The lowest BCUT2D eigenvalue weighted by Crippen LogP contribution is -2.44. The monoisotopic (exact) mass is 363 g/mol. The summed E-state index contributed by atoms with van der Waals surface area (Å²) >= 11 is 0. The third-order valence-electron chi connectivity index (χ3n) is 4.79. The highest BCUT2D eigenvalue weighted by Crippen LogP contribution is 2.36. The molecule has 0 saturated heterocycles. The van der Waals surface area contributed by atoms with Crippen molar-refractivity contribution in [2.75, 3.05) is 16.8 Å². The van der Waals surface area contributed by atoms with Crippen molar-refractivity contribution in [2.24, 2.45) is 0 Å². The third kappa shape index (κ3) is 3.14. The number of likely N-dealkylation sites (N-methyl/N-ethyl adjacent to an activating group) is 1. The number of para-hydroxylation sites is 1. The number of aromatic nitrogens is 1. The molecule has 6 heteroatoms. The fourth-order valence-electron chi connectivity index (χ4n) is 3.47. The molecule has 2 N–H and O–H groups in total. The van der Waals surface area contributed by atoms with Crippen LogP contribution in [0.1, 0.15) is 19.4 Å². The quantitative estimate of drug-likeness (QED) is 0.745. The van der Waals surface area contributed by atoms with E-state index in [2.05, 4.69) is 10.3 Å². The van der Waals surface area contributed by atoms with Crippen LogP contribution < -0.4 is 15.0 Å². The number of rotatable bonds is 4. The van der Waals surface area contributed by atoms with Crippen molar-refractivity contribution in [3.05, 3.63) is 54.2 Å². The van der Waals surface area contributed by atoms with Crippen molar-refractivity contribution in [1.29, 1.82) is 0 Å². The lowest BCUT2D eigenvalue weighted by atomic mass is 10.1. The lowest BCUT2D eigenvalue weighted by Gasteiger charge is -2.32. The molecule has 6 nitrogen and oxygen atoms in total. The number of aromatic amines is 1. The molecule has 2 heterocycles. The SMILES string of the molecule is CCN1C(=O)C(C)Oc2cc(NC(=O)Cc3c[nH]c4ccccc34)ccc21. The summed E-state index contributed by atoms with van der Waals surface area (Å²) in [7, 11) is 0. The van der Waals surface area contributed by atoms with Crippen LogP contribution in [0, 0.1) is 0 Å². The van der Waals surface area contributed by atoms with Crippen LogP contribution in [-0.4, -0.2) is 29.4 Å². The number of carbonyl (C=O) groups excluding carboxylic acids is 2. The van der Waals surface area contributed by atoms with E-state index in [-0.39, 0.29) is 18.2 Å². The predicted molar refractivity (Wildman–Crippen MR) is 105 cm³/mol. The number of fused-ring (bicyclic) bond motifs is 2. The predicted octanol–water partition coefficient (Wildman–Crippen LogP) is 3.48. The second kappa shape index (κ2) is 6.79. The Morgan fingerprint density at radius 1 is 1.26 bits per heavy atom. The molecule has 0 radical (unpaired) electrons. The molecule has 0 aliphatic carbocycles. The molecule has 1 aromatic heterocycles. The van der Waals surface area contributed by atoms with E-state index in [0.29, 0.717) is 18.0 Å². The van der Waals surface area contributed by atoms with Gasteiger partial charge in [-0.05, 0) is 37.6 Å². The van der Waals surface area contributed by atoms with Gasteiger partial charge in [0.2, 0.25) is 5.91 Å². The molecule has 1 unspecified atom stereocenters. The molecule has 2 amide bonds. The van der Waals surface area contributed by atoms with Gasteiger partial charge in [0.25, 0.3) is 5.91 Å². The molecule has 27 heavy (non-hydrogen) atoms. The Hall–Kier alpha value is -3.28. The number of anilines is 2. The Balaban J connectivity index is 1.52. The number of nitrogens with one attached hydrogen (secondary N) is 2. The highest BCUT2D eigenvalue weighted by atomic mass is 16.5. The smallest absolute Gasteiger partial charge is 0.267 e. The van der Waals surface area contributed by atoms with Gasteiger partial charge in [0, 0.05) is 35.4 Å². The van der Waals surface area contributed by atoms with Gasteiger partial charge in [-0.3, -0.25) is 9.59 Å². The fourth-order valence-corrected chi connectivity index (χ4v) is 3.47. The van der Waals surface area contributed by atoms with Crippen LogP contribution in [0.2, 0.25) is 0 Å². The number of carbonyl (C=O) groups is 2. The molecule has 2 aromatic carbocycles. The van der Waals surface area contributed by atoms with Gasteiger partial charge in [0.15, 0.2) is 6.10 Å². The van der Waals surface area contributed by atoms with E-state index in [9.17, 15) is 9.59 Å². The summed E-state index contributed by atoms with van der Waals surface area (Å²) in [5, 5.41) is 3.97. The van der Waals surface area contributed by atoms with Crippen LogP contribution in [0.25, 0.3) is 10.9 Å². The van der Waals surface area contributed by atoms with E-state index >= 15 is 0 Å².